The molecule has 2 heterocycles. The lowest BCUT2D eigenvalue weighted by atomic mass is 10.2. The van der Waals surface area contributed by atoms with Gasteiger partial charge in [-0.15, -0.1) is 15.3 Å². The van der Waals surface area contributed by atoms with Crippen LogP contribution in [-0.2, 0) is 4.79 Å². The van der Waals surface area contributed by atoms with Crippen molar-refractivity contribution >= 4 is 11.6 Å². The minimum absolute atomic E-state index is 0.0798. The van der Waals surface area contributed by atoms with E-state index in [4.69, 9.17) is 4.74 Å². The fraction of sp³-hybridized carbons (Fsp3) is 0.200. The van der Waals surface area contributed by atoms with Gasteiger partial charge in [-0.05, 0) is 18.2 Å². The summed E-state index contributed by atoms with van der Waals surface area (Å²) in [5.41, 5.74) is 0.821. The van der Waals surface area contributed by atoms with Crippen LogP contribution in [0.3, 0.4) is 0 Å². The summed E-state index contributed by atoms with van der Waals surface area (Å²) in [6.07, 6.45) is -4.94. The maximum Gasteiger partial charge on any atom is 0.471 e. The standard InChI is InChI=1S/C15H11F4N5O2/c16-10-3-1-2-9(8-10)13-22-21-11-4-5-12(23-24(11)13)26-7-6-20-14(25)15(17,18)19/h1-5,8H,6-7H2,(H,20,25). The summed E-state index contributed by atoms with van der Waals surface area (Å²) < 4.78 is 56.1. The van der Waals surface area contributed by atoms with Gasteiger partial charge in [0.2, 0.25) is 5.88 Å². The van der Waals surface area contributed by atoms with Crippen LogP contribution < -0.4 is 10.1 Å². The molecule has 0 aliphatic heterocycles. The Balaban J connectivity index is 1.71. The third kappa shape index (κ3) is 3.87. The highest BCUT2D eigenvalue weighted by atomic mass is 19.4. The molecule has 0 bridgehead atoms. The summed E-state index contributed by atoms with van der Waals surface area (Å²) >= 11 is 0. The van der Waals surface area contributed by atoms with E-state index >= 15 is 0 Å². The molecule has 0 radical (unpaired) electrons. The average Bonchev–Trinajstić information content (AvgIpc) is 3.01. The van der Waals surface area contributed by atoms with E-state index in [-0.39, 0.29) is 24.9 Å². The van der Waals surface area contributed by atoms with Crippen LogP contribution in [0.5, 0.6) is 5.88 Å². The van der Waals surface area contributed by atoms with Gasteiger partial charge in [-0.25, -0.2) is 4.39 Å². The van der Waals surface area contributed by atoms with E-state index in [1.165, 1.54) is 34.8 Å². The zero-order valence-electron chi connectivity index (χ0n) is 13.0. The van der Waals surface area contributed by atoms with Crippen LogP contribution in [0.1, 0.15) is 0 Å². The van der Waals surface area contributed by atoms with Crippen molar-refractivity contribution in [1.82, 2.24) is 25.1 Å². The normalized spacial score (nSPS) is 11.5. The molecule has 0 aliphatic carbocycles. The molecule has 0 atom stereocenters. The number of halogens is 4. The first-order chi connectivity index (χ1) is 12.3. The van der Waals surface area contributed by atoms with Gasteiger partial charge in [-0.2, -0.15) is 17.7 Å². The number of rotatable bonds is 5. The Bertz CT molecular complexity index is 941. The summed E-state index contributed by atoms with van der Waals surface area (Å²) in [4.78, 5) is 10.7. The van der Waals surface area contributed by atoms with Gasteiger partial charge < -0.3 is 10.1 Å². The van der Waals surface area contributed by atoms with Crippen molar-refractivity contribution in [1.29, 1.82) is 0 Å². The Morgan fingerprint density at radius 2 is 2.00 bits per heavy atom. The molecular formula is C15H11F4N5O2. The van der Waals surface area contributed by atoms with Gasteiger partial charge in [0.25, 0.3) is 0 Å². The van der Waals surface area contributed by atoms with E-state index in [0.29, 0.717) is 11.2 Å². The maximum atomic E-state index is 13.4. The largest absolute Gasteiger partial charge is 0.475 e. The Kier molecular flexibility index (Phi) is 4.69. The highest BCUT2D eigenvalue weighted by molar-refractivity contribution is 5.81. The first-order valence-corrected chi connectivity index (χ1v) is 7.31. The number of aromatic nitrogens is 4. The van der Waals surface area contributed by atoms with Gasteiger partial charge in [0, 0.05) is 11.6 Å². The quantitative estimate of drug-likeness (QED) is 0.550. The second-order valence-electron chi connectivity index (χ2n) is 5.08. The molecule has 11 heteroatoms. The van der Waals surface area contributed by atoms with Crippen molar-refractivity contribution in [2.24, 2.45) is 0 Å². The number of carbonyl (C=O) groups excluding carboxylic acids is 1. The molecule has 26 heavy (non-hydrogen) atoms. The van der Waals surface area contributed by atoms with Crippen molar-refractivity contribution in [2.45, 2.75) is 6.18 Å². The number of hydrogen-bond acceptors (Lipinski definition) is 5. The summed E-state index contributed by atoms with van der Waals surface area (Å²) in [6, 6.07) is 8.66. The Morgan fingerprint density at radius 1 is 1.19 bits per heavy atom. The molecule has 3 aromatic rings. The Labute approximate surface area is 143 Å². The van der Waals surface area contributed by atoms with Crippen LogP contribution in [0.4, 0.5) is 17.6 Å². The van der Waals surface area contributed by atoms with Gasteiger partial charge >= 0.3 is 12.1 Å². The maximum absolute atomic E-state index is 13.4. The first-order valence-electron chi connectivity index (χ1n) is 7.31. The second kappa shape index (κ2) is 6.94. The third-order valence-corrected chi connectivity index (χ3v) is 3.22. The van der Waals surface area contributed by atoms with Gasteiger partial charge in [-0.3, -0.25) is 4.79 Å². The minimum Gasteiger partial charge on any atom is -0.475 e. The molecule has 0 saturated carbocycles. The molecule has 3 rings (SSSR count). The van der Waals surface area contributed by atoms with Crippen LogP contribution in [0, 0.1) is 5.82 Å². The van der Waals surface area contributed by atoms with Crippen molar-refractivity contribution in [3.8, 4) is 17.3 Å². The first kappa shape index (κ1) is 17.6. The second-order valence-corrected chi connectivity index (χ2v) is 5.08. The number of benzene rings is 1. The van der Waals surface area contributed by atoms with Crippen LogP contribution in [-0.4, -0.2) is 45.0 Å². The van der Waals surface area contributed by atoms with E-state index in [1.54, 1.807) is 11.4 Å². The summed E-state index contributed by atoms with van der Waals surface area (Å²) in [5.74, 6) is -2.14. The van der Waals surface area contributed by atoms with Crippen molar-refractivity contribution in [3.63, 3.8) is 0 Å². The lowest BCUT2D eigenvalue weighted by Gasteiger charge is -2.09. The predicted molar refractivity (Wildman–Crippen MR) is 80.7 cm³/mol. The average molecular weight is 369 g/mol. The summed E-state index contributed by atoms with van der Waals surface area (Å²) in [7, 11) is 0. The molecular weight excluding hydrogens is 358 g/mol. The minimum atomic E-state index is -4.94. The Hall–Kier alpha value is -3.24. The SMILES string of the molecule is O=C(NCCOc1ccc2nnc(-c3cccc(F)c3)n2n1)C(F)(F)F. The molecule has 7 nitrogen and oxygen atoms in total. The van der Waals surface area contributed by atoms with Gasteiger partial charge in [0.15, 0.2) is 11.5 Å². The topological polar surface area (TPSA) is 81.4 Å². The molecule has 1 aromatic carbocycles. The number of hydrogen-bond donors (Lipinski definition) is 1. The monoisotopic (exact) mass is 369 g/mol. The van der Waals surface area contributed by atoms with E-state index in [1.807, 2.05) is 0 Å². The molecule has 2 aromatic heterocycles. The van der Waals surface area contributed by atoms with Gasteiger partial charge in [0.1, 0.15) is 12.4 Å². The summed E-state index contributed by atoms with van der Waals surface area (Å²) in [6.45, 7) is -0.575. The number of alkyl halides is 3. The fourth-order valence-corrected chi connectivity index (χ4v) is 2.08. The molecule has 0 aliphatic rings. The van der Waals surface area contributed by atoms with Crippen molar-refractivity contribution < 1.29 is 27.1 Å². The molecule has 0 spiro atoms. The van der Waals surface area contributed by atoms with Crippen LogP contribution in [0.15, 0.2) is 36.4 Å². The van der Waals surface area contributed by atoms with E-state index in [0.717, 1.165) is 0 Å². The number of carbonyl (C=O) groups is 1. The van der Waals surface area contributed by atoms with Gasteiger partial charge in [0.05, 0.1) is 6.54 Å². The number of nitrogens with zero attached hydrogens (tertiary/aromatic N) is 4. The molecule has 0 unspecified atom stereocenters. The lowest BCUT2D eigenvalue weighted by molar-refractivity contribution is -0.173. The van der Waals surface area contributed by atoms with Crippen molar-refractivity contribution in [2.75, 3.05) is 13.2 Å². The highest BCUT2D eigenvalue weighted by Crippen LogP contribution is 2.19. The molecule has 0 saturated heterocycles. The van der Waals surface area contributed by atoms with Crippen LogP contribution in [0.2, 0.25) is 0 Å². The third-order valence-electron chi connectivity index (χ3n) is 3.22. The molecule has 1 N–H and O–H groups in total. The number of fused-ring (bicyclic) bond motifs is 1. The highest BCUT2D eigenvalue weighted by Gasteiger charge is 2.38. The smallest absolute Gasteiger partial charge is 0.471 e. The van der Waals surface area contributed by atoms with Gasteiger partial charge in [-0.1, -0.05) is 12.1 Å². The van der Waals surface area contributed by atoms with Crippen LogP contribution in [0.25, 0.3) is 17.0 Å². The number of ether oxygens (including phenoxy) is 1. The summed E-state index contributed by atoms with van der Waals surface area (Å²) in [5, 5.41) is 13.6. The van der Waals surface area contributed by atoms with Crippen molar-refractivity contribution in [3.05, 3.63) is 42.2 Å². The van der Waals surface area contributed by atoms with E-state index in [2.05, 4.69) is 15.3 Å². The zero-order valence-corrected chi connectivity index (χ0v) is 13.0. The molecule has 1 amide bonds. The fourth-order valence-electron chi connectivity index (χ4n) is 2.08. The zero-order chi connectivity index (χ0) is 18.7. The van der Waals surface area contributed by atoms with E-state index in [9.17, 15) is 22.4 Å². The van der Waals surface area contributed by atoms with Crippen LogP contribution >= 0.6 is 0 Å². The van der Waals surface area contributed by atoms with E-state index < -0.39 is 17.9 Å². The predicted octanol–water partition coefficient (Wildman–Crippen LogP) is 1.99. The number of amides is 1. The molecule has 0 fully saturated rings. The molecule has 136 valence electrons. The Morgan fingerprint density at radius 3 is 2.73 bits per heavy atom. The lowest BCUT2D eigenvalue weighted by Crippen LogP contribution is -2.38. The number of nitrogens with one attached hydrogen (secondary N) is 1.